The summed E-state index contributed by atoms with van der Waals surface area (Å²) in [5, 5.41) is 7.27. The van der Waals surface area contributed by atoms with Gasteiger partial charge >= 0.3 is 0 Å². The lowest BCUT2D eigenvalue weighted by atomic mass is 10.2. The van der Waals surface area contributed by atoms with Crippen LogP contribution in [0.4, 0.5) is 28.8 Å². The Labute approximate surface area is 198 Å². The number of nitrogens with one attached hydrogen (secondary N) is 2. The van der Waals surface area contributed by atoms with Crippen molar-refractivity contribution in [2.75, 3.05) is 43.0 Å². The van der Waals surface area contributed by atoms with Crippen LogP contribution in [0.1, 0.15) is 0 Å². The zero-order chi connectivity index (χ0) is 24.2. The van der Waals surface area contributed by atoms with Crippen molar-refractivity contribution >= 4 is 58.8 Å². The van der Waals surface area contributed by atoms with E-state index in [1.165, 1.54) is 24.3 Å². The molecule has 3 aromatic rings. The lowest BCUT2D eigenvalue weighted by Crippen LogP contribution is -2.24. The number of hydrogen-bond acceptors (Lipinski definition) is 7. The summed E-state index contributed by atoms with van der Waals surface area (Å²) in [5.74, 6) is 0.766. The fraction of sp³-hybridized carbons (Fsp3) is 0.174. The van der Waals surface area contributed by atoms with E-state index in [-0.39, 0.29) is 11.9 Å². The smallest absolute Gasteiger partial charge is 0.250 e. The van der Waals surface area contributed by atoms with E-state index < -0.39 is 7.14 Å². The second kappa shape index (κ2) is 10.1. The zero-order valence-electron chi connectivity index (χ0n) is 18.8. The highest BCUT2D eigenvalue weighted by Gasteiger charge is 2.19. The lowest BCUT2D eigenvalue weighted by molar-refractivity contribution is -0.113. The number of hydrogen-bond donors (Lipinski definition) is 2. The van der Waals surface area contributed by atoms with E-state index in [4.69, 9.17) is 16.3 Å². The van der Waals surface area contributed by atoms with Gasteiger partial charge in [0.1, 0.15) is 12.2 Å². The third kappa shape index (κ3) is 5.53. The summed E-state index contributed by atoms with van der Waals surface area (Å²) in [7, 11) is 0.608. The minimum absolute atomic E-state index is 0.253. The van der Waals surface area contributed by atoms with E-state index in [0.717, 1.165) is 0 Å². The van der Waals surface area contributed by atoms with Crippen molar-refractivity contribution < 1.29 is 14.1 Å². The van der Waals surface area contributed by atoms with Gasteiger partial charge in [-0.05, 0) is 43.7 Å². The maximum atomic E-state index is 12.7. The molecule has 0 aliphatic heterocycles. The fourth-order valence-corrected chi connectivity index (χ4v) is 4.46. The van der Waals surface area contributed by atoms with E-state index in [9.17, 15) is 9.36 Å². The van der Waals surface area contributed by atoms with Crippen LogP contribution in [0.25, 0.3) is 0 Å². The number of benzene rings is 2. The number of ether oxygens (including phenoxy) is 1. The summed E-state index contributed by atoms with van der Waals surface area (Å²) in [4.78, 5) is 22.2. The molecule has 1 aromatic heterocycles. The number of rotatable bonds is 8. The second-order valence-corrected chi connectivity index (χ2v) is 11.1. The van der Waals surface area contributed by atoms with Gasteiger partial charge in [-0.2, -0.15) is 4.98 Å². The minimum atomic E-state index is -2.53. The summed E-state index contributed by atoms with van der Waals surface area (Å²) >= 11 is 6.33. The van der Waals surface area contributed by atoms with Crippen LogP contribution in [0.5, 0.6) is 5.75 Å². The summed E-state index contributed by atoms with van der Waals surface area (Å²) in [6.07, 6.45) is 2.69. The quantitative estimate of drug-likeness (QED) is 0.341. The van der Waals surface area contributed by atoms with E-state index in [0.29, 0.717) is 39.0 Å². The topological polar surface area (TPSA) is 96.5 Å². The van der Waals surface area contributed by atoms with E-state index >= 15 is 0 Å². The van der Waals surface area contributed by atoms with Crippen LogP contribution in [0.3, 0.4) is 0 Å². The molecule has 0 bridgehead atoms. The number of carbonyl (C=O) groups excluding carboxylic acids is 1. The van der Waals surface area contributed by atoms with Gasteiger partial charge < -0.3 is 24.8 Å². The third-order valence-electron chi connectivity index (χ3n) is 4.79. The van der Waals surface area contributed by atoms with Crippen molar-refractivity contribution in [2.45, 2.75) is 0 Å². The third-order valence-corrected chi connectivity index (χ3v) is 6.62. The number of carbonyl (C=O) groups is 1. The van der Waals surface area contributed by atoms with Gasteiger partial charge in [0.05, 0.1) is 30.4 Å². The lowest BCUT2D eigenvalue weighted by Gasteiger charge is -2.21. The Balaban J connectivity index is 1.96. The van der Waals surface area contributed by atoms with E-state index in [1.54, 1.807) is 38.6 Å². The number of amides is 1. The molecule has 0 fully saturated rings. The molecule has 0 aliphatic rings. The molecule has 2 aromatic carbocycles. The Bertz CT molecular complexity index is 1240. The average Bonchev–Trinajstić information content (AvgIpc) is 2.79. The van der Waals surface area contributed by atoms with Crippen molar-refractivity contribution in [3.05, 3.63) is 66.3 Å². The molecule has 0 unspecified atom stereocenters. The van der Waals surface area contributed by atoms with Crippen LogP contribution in [-0.4, -0.2) is 43.4 Å². The van der Waals surface area contributed by atoms with Crippen LogP contribution in [-0.2, 0) is 9.36 Å². The van der Waals surface area contributed by atoms with Gasteiger partial charge in [0.2, 0.25) is 11.9 Å². The Hall–Kier alpha value is -3.35. The Morgan fingerprint density at radius 3 is 2.52 bits per heavy atom. The molecule has 8 nitrogen and oxygen atoms in total. The largest absolute Gasteiger partial charge is 0.492 e. The highest BCUT2D eigenvalue weighted by Crippen LogP contribution is 2.39. The number of likely N-dealkylation sites (N-methyl/N-ethyl adjacent to an activating group) is 1. The number of methoxy groups -OCH3 is 1. The van der Waals surface area contributed by atoms with Gasteiger partial charge in [0.25, 0.3) is 0 Å². The molecular formula is C23H25ClN5O3P. The molecule has 3 rings (SSSR count). The molecule has 172 valence electrons. The molecule has 33 heavy (non-hydrogen) atoms. The Morgan fingerprint density at radius 1 is 1.15 bits per heavy atom. The maximum Gasteiger partial charge on any atom is 0.250 e. The van der Waals surface area contributed by atoms with Crippen LogP contribution in [0, 0.1) is 0 Å². The van der Waals surface area contributed by atoms with E-state index in [2.05, 4.69) is 27.2 Å². The van der Waals surface area contributed by atoms with Crippen LogP contribution in [0.15, 0.2) is 61.3 Å². The predicted octanol–water partition coefficient (Wildman–Crippen LogP) is 5.02. The summed E-state index contributed by atoms with van der Waals surface area (Å²) in [6.45, 7) is 6.93. The number of nitrogens with zero attached hydrogens (tertiary/aromatic N) is 3. The van der Waals surface area contributed by atoms with Gasteiger partial charge in [-0.1, -0.05) is 36.4 Å². The van der Waals surface area contributed by atoms with Crippen molar-refractivity contribution in [3.63, 3.8) is 0 Å². The Kier molecular flexibility index (Phi) is 7.41. The molecule has 0 saturated heterocycles. The van der Waals surface area contributed by atoms with Gasteiger partial charge in [-0.3, -0.25) is 4.79 Å². The molecule has 10 heteroatoms. The molecular weight excluding hydrogens is 461 g/mol. The first-order valence-corrected chi connectivity index (χ1v) is 12.9. The monoisotopic (exact) mass is 485 g/mol. The minimum Gasteiger partial charge on any atom is -0.492 e. The highest BCUT2D eigenvalue weighted by molar-refractivity contribution is 7.70. The maximum absolute atomic E-state index is 12.7. The van der Waals surface area contributed by atoms with E-state index in [1.807, 2.05) is 24.3 Å². The van der Waals surface area contributed by atoms with Gasteiger partial charge in [-0.25, -0.2) is 4.98 Å². The Morgan fingerprint density at radius 2 is 1.85 bits per heavy atom. The normalized spacial score (nSPS) is 10.9. The number of halogens is 1. The predicted molar refractivity (Wildman–Crippen MR) is 136 cm³/mol. The van der Waals surface area contributed by atoms with Crippen LogP contribution >= 0.6 is 18.7 Å². The highest BCUT2D eigenvalue weighted by atomic mass is 35.5. The molecule has 0 saturated carbocycles. The van der Waals surface area contributed by atoms with Crippen molar-refractivity contribution in [2.24, 2.45) is 0 Å². The van der Waals surface area contributed by atoms with Crippen molar-refractivity contribution in [1.82, 2.24) is 9.97 Å². The number of para-hydroxylation sites is 2. The van der Waals surface area contributed by atoms with Crippen molar-refractivity contribution in [3.8, 4) is 5.75 Å². The second-order valence-electron chi connectivity index (χ2n) is 7.47. The summed E-state index contributed by atoms with van der Waals surface area (Å²) in [5.41, 5.74) is 1.76. The SMILES string of the molecule is C=CC(=O)N(C)c1cccc(Nc2ncc(Cl)c(Nc3ccccc3P(C)(C)=O)n2)c1OC. The summed E-state index contributed by atoms with van der Waals surface area (Å²) in [6, 6.07) is 12.6. The molecule has 0 atom stereocenters. The number of aromatic nitrogens is 2. The summed E-state index contributed by atoms with van der Waals surface area (Å²) < 4.78 is 18.2. The molecule has 0 radical (unpaired) electrons. The average molecular weight is 486 g/mol. The molecule has 1 amide bonds. The first-order chi connectivity index (χ1) is 15.7. The van der Waals surface area contributed by atoms with Crippen molar-refractivity contribution in [1.29, 1.82) is 0 Å². The molecule has 0 aliphatic carbocycles. The fourth-order valence-electron chi connectivity index (χ4n) is 3.17. The molecule has 0 spiro atoms. The first-order valence-electron chi connectivity index (χ1n) is 9.94. The van der Waals surface area contributed by atoms with Crippen LogP contribution < -0.4 is 25.6 Å². The first kappa shape index (κ1) is 24.3. The molecule has 1 heterocycles. The number of anilines is 5. The molecule has 2 N–H and O–H groups in total. The van der Waals surface area contributed by atoms with Gasteiger partial charge in [0.15, 0.2) is 11.6 Å². The van der Waals surface area contributed by atoms with Crippen LogP contribution in [0.2, 0.25) is 5.02 Å². The van der Waals surface area contributed by atoms with Gasteiger partial charge in [0, 0.05) is 12.4 Å². The zero-order valence-corrected chi connectivity index (χ0v) is 20.4. The van der Waals surface area contributed by atoms with Gasteiger partial charge in [-0.15, -0.1) is 0 Å². The standard InChI is InChI=1S/C23H25ClN5O3P/c1-6-20(30)29(2)18-12-9-11-17(21(18)32-3)27-23-25-14-15(24)22(28-23)26-16-10-7-8-13-19(16)33(4,5)31/h6-14H,1H2,2-5H3,(H2,25,26,27,28).